The molecule has 4 rings (SSSR count). The Bertz CT molecular complexity index is 1300. The van der Waals surface area contributed by atoms with Crippen LogP contribution in [-0.4, -0.2) is 50.4 Å². The molecule has 1 aliphatic rings. The van der Waals surface area contributed by atoms with Crippen LogP contribution in [0.1, 0.15) is 0 Å². The van der Waals surface area contributed by atoms with Gasteiger partial charge < -0.3 is 19.5 Å². The number of halogens is 5. The zero-order valence-corrected chi connectivity index (χ0v) is 19.4. The minimum atomic E-state index is -5.08. The third kappa shape index (κ3) is 6.94. The van der Waals surface area contributed by atoms with Crippen LogP contribution in [0, 0.1) is 0 Å². The first kappa shape index (κ1) is 26.9. The summed E-state index contributed by atoms with van der Waals surface area (Å²) in [5.74, 6) is -2.34. The number of ether oxygens (including phenoxy) is 2. The summed E-state index contributed by atoms with van der Waals surface area (Å²) in [7, 11) is -3.82. The van der Waals surface area contributed by atoms with E-state index in [1.165, 1.54) is 41.8 Å². The topological polar surface area (TPSA) is 118 Å². The lowest BCUT2D eigenvalue weighted by atomic mass is 10.2. The monoisotopic (exact) mass is 553 g/mol. The van der Waals surface area contributed by atoms with E-state index in [2.05, 4.69) is 14.4 Å². The Hall–Kier alpha value is -3.66. The fraction of sp³-hybridized carbons (Fsp3) is 0.200. The van der Waals surface area contributed by atoms with Crippen molar-refractivity contribution in [3.63, 3.8) is 0 Å². The van der Waals surface area contributed by atoms with Gasteiger partial charge in [0.1, 0.15) is 18.1 Å². The van der Waals surface area contributed by atoms with E-state index in [0.717, 1.165) is 0 Å². The fourth-order valence-electron chi connectivity index (χ4n) is 2.91. The summed E-state index contributed by atoms with van der Waals surface area (Å²) in [6.07, 6.45) is -3.58. The molecule has 2 N–H and O–H groups in total. The normalized spacial score (nSPS) is 13.2. The number of nitrogens with one attached hydrogen (secondary N) is 1. The Morgan fingerprint density at radius 1 is 1.22 bits per heavy atom. The van der Waals surface area contributed by atoms with Gasteiger partial charge in [-0.15, -0.1) is 11.3 Å². The number of carboxylic acids is 1. The number of aromatic nitrogens is 1. The van der Waals surface area contributed by atoms with Crippen molar-refractivity contribution in [2.24, 2.45) is 0 Å². The number of hydrogen-bond acceptors (Lipinski definition) is 8. The maximum Gasteiger partial charge on any atom is 0.490 e. The van der Waals surface area contributed by atoms with Crippen molar-refractivity contribution in [2.45, 2.75) is 17.7 Å². The maximum absolute atomic E-state index is 12.6. The molecule has 0 spiro atoms. The Labute approximate surface area is 204 Å². The highest BCUT2D eigenvalue weighted by atomic mass is 32.2. The standard InChI is InChI=1S/C18H15F2N3O4S2.C2HF3O2/c19-17(20)27-13-3-1-2-12(10-13)23-7-8-26-16-11-14(4-5-15(16)23)29(24,25)22-18-21-6-9-28-18;3-2(4,5)1(6)7/h1-6,9-11,17H,7-8H2,(H,21,22);(H,6,7). The molecular weight excluding hydrogens is 537 g/mol. The van der Waals surface area contributed by atoms with Gasteiger partial charge in [-0.1, -0.05) is 6.07 Å². The number of anilines is 3. The van der Waals surface area contributed by atoms with Crippen LogP contribution >= 0.6 is 11.3 Å². The number of rotatable bonds is 6. The predicted octanol–water partition coefficient (Wildman–Crippen LogP) is 4.71. The molecule has 0 aliphatic carbocycles. The number of nitrogens with zero attached hydrogens (tertiary/aromatic N) is 2. The van der Waals surface area contributed by atoms with E-state index in [0.29, 0.717) is 30.3 Å². The number of carbonyl (C=O) groups is 1. The van der Waals surface area contributed by atoms with Crippen molar-refractivity contribution in [3.8, 4) is 11.5 Å². The van der Waals surface area contributed by atoms with E-state index >= 15 is 0 Å². The van der Waals surface area contributed by atoms with Crippen molar-refractivity contribution < 1.29 is 49.7 Å². The van der Waals surface area contributed by atoms with E-state index in [4.69, 9.17) is 14.6 Å². The average molecular weight is 553 g/mol. The van der Waals surface area contributed by atoms with Gasteiger partial charge in [0, 0.05) is 29.4 Å². The zero-order valence-electron chi connectivity index (χ0n) is 17.8. The summed E-state index contributed by atoms with van der Waals surface area (Å²) in [5.41, 5.74) is 1.25. The minimum Gasteiger partial charge on any atom is -0.489 e. The molecule has 16 heteroatoms. The van der Waals surface area contributed by atoms with E-state index in [1.54, 1.807) is 23.6 Å². The molecule has 0 amide bonds. The van der Waals surface area contributed by atoms with Crippen LogP contribution in [0.4, 0.5) is 38.5 Å². The van der Waals surface area contributed by atoms with E-state index in [-0.39, 0.29) is 15.8 Å². The molecule has 0 saturated carbocycles. The first-order chi connectivity index (χ1) is 16.9. The molecule has 9 nitrogen and oxygen atoms in total. The number of alkyl halides is 5. The SMILES string of the molecule is O=C(O)C(F)(F)F.O=S(=O)(Nc1nccs1)c1ccc2c(c1)OCCN2c1cccc(OC(F)F)c1. The molecule has 3 aromatic rings. The molecule has 0 atom stereocenters. The second-order valence-corrected chi connectivity index (χ2v) is 9.33. The Morgan fingerprint density at radius 3 is 2.56 bits per heavy atom. The molecule has 0 saturated heterocycles. The largest absolute Gasteiger partial charge is 0.490 e. The molecule has 1 aliphatic heterocycles. The molecule has 1 aromatic heterocycles. The quantitative estimate of drug-likeness (QED) is 0.422. The Morgan fingerprint density at radius 2 is 1.94 bits per heavy atom. The summed E-state index contributed by atoms with van der Waals surface area (Å²) < 4.78 is 94.4. The van der Waals surface area contributed by atoms with Gasteiger partial charge in [0.05, 0.1) is 17.1 Å². The molecule has 2 heterocycles. The fourth-order valence-corrected chi connectivity index (χ4v) is 4.71. The smallest absolute Gasteiger partial charge is 0.489 e. The van der Waals surface area contributed by atoms with Crippen molar-refractivity contribution in [1.29, 1.82) is 0 Å². The van der Waals surface area contributed by atoms with Gasteiger partial charge in [0.2, 0.25) is 0 Å². The van der Waals surface area contributed by atoms with Crippen LogP contribution < -0.4 is 19.1 Å². The van der Waals surface area contributed by atoms with E-state index in [1.807, 2.05) is 4.90 Å². The Kier molecular flexibility index (Phi) is 8.19. The van der Waals surface area contributed by atoms with Gasteiger partial charge >= 0.3 is 18.8 Å². The summed E-state index contributed by atoms with van der Waals surface area (Å²) in [5, 5.41) is 9.05. The lowest BCUT2D eigenvalue weighted by Crippen LogP contribution is -2.28. The molecule has 2 aromatic carbocycles. The first-order valence-corrected chi connectivity index (χ1v) is 12.0. The van der Waals surface area contributed by atoms with Crippen LogP contribution in [0.15, 0.2) is 58.9 Å². The van der Waals surface area contributed by atoms with Crippen LogP contribution in [0.25, 0.3) is 0 Å². The highest BCUT2D eigenvalue weighted by Crippen LogP contribution is 2.39. The number of aliphatic carboxylic acids is 1. The molecule has 0 fully saturated rings. The van der Waals surface area contributed by atoms with Gasteiger partial charge in [-0.05, 0) is 24.3 Å². The van der Waals surface area contributed by atoms with Gasteiger partial charge in [-0.25, -0.2) is 18.2 Å². The van der Waals surface area contributed by atoms with Crippen molar-refractivity contribution >= 4 is 43.8 Å². The summed E-state index contributed by atoms with van der Waals surface area (Å²) in [6, 6.07) is 10.8. The number of thiazole rings is 1. The molecule has 36 heavy (non-hydrogen) atoms. The second kappa shape index (κ2) is 10.9. The summed E-state index contributed by atoms with van der Waals surface area (Å²) >= 11 is 1.17. The minimum absolute atomic E-state index is 0.0306. The van der Waals surface area contributed by atoms with Crippen molar-refractivity contribution in [3.05, 3.63) is 54.0 Å². The lowest BCUT2D eigenvalue weighted by Gasteiger charge is -2.31. The number of fused-ring (bicyclic) bond motifs is 1. The van der Waals surface area contributed by atoms with Gasteiger partial charge in [0.15, 0.2) is 5.13 Å². The second-order valence-electron chi connectivity index (χ2n) is 6.75. The highest BCUT2D eigenvalue weighted by molar-refractivity contribution is 7.93. The van der Waals surface area contributed by atoms with Crippen molar-refractivity contribution in [2.75, 3.05) is 22.8 Å². The molecule has 0 bridgehead atoms. The zero-order chi connectivity index (χ0) is 26.5. The van der Waals surface area contributed by atoms with E-state index < -0.39 is 28.8 Å². The third-order valence-corrected chi connectivity index (χ3v) is 6.51. The number of sulfonamides is 1. The van der Waals surface area contributed by atoms with Crippen LogP contribution in [0.2, 0.25) is 0 Å². The lowest BCUT2D eigenvalue weighted by molar-refractivity contribution is -0.192. The third-order valence-electron chi connectivity index (χ3n) is 4.36. The van der Waals surface area contributed by atoms with Gasteiger partial charge in [-0.3, -0.25) is 4.72 Å². The van der Waals surface area contributed by atoms with Crippen LogP contribution in [0.3, 0.4) is 0 Å². The molecule has 0 unspecified atom stereocenters. The van der Waals surface area contributed by atoms with Gasteiger partial charge in [0.25, 0.3) is 10.0 Å². The number of benzene rings is 2. The molecular formula is C20H16F5N3O6S2. The number of carboxylic acid groups (broad SMARTS) is 1. The predicted molar refractivity (Wildman–Crippen MR) is 119 cm³/mol. The Balaban J connectivity index is 0.000000454. The summed E-state index contributed by atoms with van der Waals surface area (Å²) in [4.78, 5) is 14.7. The molecule has 0 radical (unpaired) electrons. The average Bonchev–Trinajstić information content (AvgIpc) is 3.30. The summed E-state index contributed by atoms with van der Waals surface area (Å²) in [6.45, 7) is -2.15. The van der Waals surface area contributed by atoms with Crippen LogP contribution in [-0.2, 0) is 14.8 Å². The number of hydrogen-bond donors (Lipinski definition) is 2. The van der Waals surface area contributed by atoms with Gasteiger partial charge in [-0.2, -0.15) is 22.0 Å². The molecule has 194 valence electrons. The van der Waals surface area contributed by atoms with Crippen molar-refractivity contribution in [1.82, 2.24) is 4.98 Å². The highest BCUT2D eigenvalue weighted by Gasteiger charge is 2.38. The maximum atomic E-state index is 12.6. The first-order valence-electron chi connectivity index (χ1n) is 9.68. The van der Waals surface area contributed by atoms with E-state index in [9.17, 15) is 30.4 Å². The van der Waals surface area contributed by atoms with Crippen LogP contribution in [0.5, 0.6) is 11.5 Å².